The van der Waals surface area contributed by atoms with Crippen molar-refractivity contribution in [3.05, 3.63) is 52.7 Å². The van der Waals surface area contributed by atoms with E-state index in [1.165, 1.54) is 30.0 Å². The topological polar surface area (TPSA) is 105 Å². The van der Waals surface area contributed by atoms with Gasteiger partial charge in [0.05, 0.1) is 17.7 Å². The van der Waals surface area contributed by atoms with Crippen LogP contribution < -0.4 is 5.32 Å². The van der Waals surface area contributed by atoms with E-state index in [2.05, 4.69) is 29.5 Å². The summed E-state index contributed by atoms with van der Waals surface area (Å²) in [6, 6.07) is 9.31. The molecule has 3 N–H and O–H groups in total. The first-order chi connectivity index (χ1) is 17.3. The zero-order valence-corrected chi connectivity index (χ0v) is 21.6. The van der Waals surface area contributed by atoms with E-state index in [9.17, 15) is 15.0 Å². The highest BCUT2D eigenvalue weighted by Gasteiger charge is 2.27. The van der Waals surface area contributed by atoms with Gasteiger partial charge < -0.3 is 24.8 Å². The zero-order chi connectivity index (χ0) is 25.8. The van der Waals surface area contributed by atoms with Crippen molar-refractivity contribution >= 4 is 5.91 Å². The molecule has 36 heavy (non-hydrogen) atoms. The molecule has 0 saturated heterocycles. The molecule has 1 atom stereocenters. The molecule has 1 aromatic heterocycles. The number of fused-ring (bicyclic) bond motifs is 1. The summed E-state index contributed by atoms with van der Waals surface area (Å²) >= 11 is 0. The van der Waals surface area contributed by atoms with Crippen LogP contribution in [0.2, 0.25) is 0 Å². The van der Waals surface area contributed by atoms with E-state index in [0.29, 0.717) is 41.5 Å². The van der Waals surface area contributed by atoms with E-state index < -0.39 is 0 Å². The van der Waals surface area contributed by atoms with Crippen LogP contribution in [-0.4, -0.2) is 41.5 Å². The fourth-order valence-electron chi connectivity index (χ4n) is 4.93. The lowest BCUT2D eigenvalue weighted by Gasteiger charge is -2.19. The molecule has 0 bridgehead atoms. The van der Waals surface area contributed by atoms with Crippen LogP contribution in [0.15, 0.2) is 34.9 Å². The quantitative estimate of drug-likeness (QED) is 0.359. The first kappa shape index (κ1) is 25.8. The number of amides is 1. The highest BCUT2D eigenvalue weighted by molar-refractivity contribution is 6.02. The van der Waals surface area contributed by atoms with Crippen LogP contribution in [0.5, 0.6) is 11.5 Å². The van der Waals surface area contributed by atoms with Crippen LogP contribution in [0.1, 0.15) is 73.1 Å². The molecule has 2 aromatic carbocycles. The van der Waals surface area contributed by atoms with Gasteiger partial charge in [-0.1, -0.05) is 50.5 Å². The largest absolute Gasteiger partial charge is 0.508 e. The van der Waals surface area contributed by atoms with Crippen molar-refractivity contribution < 1.29 is 24.3 Å². The van der Waals surface area contributed by atoms with Gasteiger partial charge >= 0.3 is 0 Å². The Kier molecular flexibility index (Phi) is 7.99. The Labute approximate surface area is 212 Å². The lowest BCUT2D eigenvalue weighted by atomic mass is 9.86. The number of aromatic hydroxyl groups is 2. The summed E-state index contributed by atoms with van der Waals surface area (Å²) in [5.41, 5.74) is 5.16. The Morgan fingerprint density at radius 2 is 1.94 bits per heavy atom. The number of carbonyl (C=O) groups excluding carboxylic acids is 1. The molecule has 1 heterocycles. The predicted octanol–water partition coefficient (Wildman–Crippen LogP) is 5.82. The van der Waals surface area contributed by atoms with Crippen LogP contribution >= 0.6 is 0 Å². The van der Waals surface area contributed by atoms with Crippen LogP contribution in [0.3, 0.4) is 0 Å². The van der Waals surface area contributed by atoms with Crippen molar-refractivity contribution in [1.29, 1.82) is 0 Å². The van der Waals surface area contributed by atoms with Crippen LogP contribution in [-0.2, 0) is 17.6 Å². The smallest absolute Gasteiger partial charge is 0.274 e. The maximum Gasteiger partial charge on any atom is 0.274 e. The molecule has 0 fully saturated rings. The number of hydrogen-bond donors (Lipinski definition) is 3. The molecule has 7 nitrogen and oxygen atoms in total. The van der Waals surface area contributed by atoms with Gasteiger partial charge in [-0.15, -0.1) is 0 Å². The summed E-state index contributed by atoms with van der Waals surface area (Å²) in [6.45, 7) is 6.93. The molecular formula is C29H36N2O5. The average Bonchev–Trinajstić information content (AvgIpc) is 3.27. The number of aromatic nitrogens is 1. The van der Waals surface area contributed by atoms with Gasteiger partial charge in [-0.25, -0.2) is 0 Å². The molecule has 0 aliphatic heterocycles. The number of phenolic OH excluding ortho intramolecular Hbond substituents is 2. The Balaban J connectivity index is 1.86. The first-order valence-corrected chi connectivity index (χ1v) is 12.7. The SMILES string of the molecule is COCCNC(=O)c1noc(-c2cc(C(C)C)c(O)cc2O)c1-c1ccc2c(c1)CCC(C)CCC2. The summed E-state index contributed by atoms with van der Waals surface area (Å²) in [6.07, 6.45) is 5.53. The molecule has 0 spiro atoms. The zero-order valence-electron chi connectivity index (χ0n) is 21.6. The number of methoxy groups -OCH3 is 1. The van der Waals surface area contributed by atoms with Crippen molar-refractivity contribution in [3.63, 3.8) is 0 Å². The monoisotopic (exact) mass is 492 g/mol. The summed E-state index contributed by atoms with van der Waals surface area (Å²) in [4.78, 5) is 13.1. The standard InChI is InChI=1S/C29H36N2O5/c1-17(2)22-15-23(25(33)16-24(22)32)28-26(27(31-36-28)29(34)30-12-13-35-4)21-11-10-19-7-5-6-18(3)8-9-20(19)14-21/h10-11,14-18,32-33H,5-9,12-13H2,1-4H3,(H,30,34). The number of phenols is 2. The van der Waals surface area contributed by atoms with Gasteiger partial charge in [0.15, 0.2) is 11.5 Å². The molecule has 3 aromatic rings. The summed E-state index contributed by atoms with van der Waals surface area (Å²) in [5.74, 6) is 0.496. The van der Waals surface area contributed by atoms with Gasteiger partial charge in [0.2, 0.25) is 0 Å². The lowest BCUT2D eigenvalue weighted by molar-refractivity contribution is 0.0928. The maximum atomic E-state index is 13.1. The molecular weight excluding hydrogens is 456 g/mol. The summed E-state index contributed by atoms with van der Waals surface area (Å²) in [7, 11) is 1.57. The first-order valence-electron chi connectivity index (χ1n) is 12.7. The minimum atomic E-state index is -0.375. The number of rotatable bonds is 7. The Bertz CT molecular complexity index is 1230. The number of nitrogens with one attached hydrogen (secondary N) is 1. The van der Waals surface area contributed by atoms with Gasteiger partial charge in [-0.3, -0.25) is 4.79 Å². The third kappa shape index (κ3) is 5.41. The molecule has 1 amide bonds. The second-order valence-electron chi connectivity index (χ2n) is 10.1. The number of nitrogens with zero attached hydrogens (tertiary/aromatic N) is 1. The third-order valence-electron chi connectivity index (χ3n) is 7.05. The second-order valence-corrected chi connectivity index (χ2v) is 10.1. The van der Waals surface area contributed by atoms with Gasteiger partial charge in [0.25, 0.3) is 5.91 Å². The average molecular weight is 493 g/mol. The van der Waals surface area contributed by atoms with E-state index in [0.717, 1.165) is 24.8 Å². The predicted molar refractivity (Wildman–Crippen MR) is 139 cm³/mol. The second kappa shape index (κ2) is 11.2. The third-order valence-corrected chi connectivity index (χ3v) is 7.05. The van der Waals surface area contributed by atoms with Crippen molar-refractivity contribution in [2.45, 2.75) is 58.8 Å². The molecule has 192 valence electrons. The Morgan fingerprint density at radius 3 is 2.69 bits per heavy atom. The molecule has 0 radical (unpaired) electrons. The van der Waals surface area contributed by atoms with Gasteiger partial charge in [-0.05, 0) is 65.8 Å². The summed E-state index contributed by atoms with van der Waals surface area (Å²) < 4.78 is 10.8. The molecule has 0 saturated carbocycles. The maximum absolute atomic E-state index is 13.1. The number of hydrogen-bond acceptors (Lipinski definition) is 6. The molecule has 7 heteroatoms. The fourth-order valence-corrected chi connectivity index (χ4v) is 4.93. The molecule has 1 aliphatic rings. The van der Waals surface area contributed by atoms with Gasteiger partial charge in [0.1, 0.15) is 11.5 Å². The molecule has 1 unspecified atom stereocenters. The van der Waals surface area contributed by atoms with Crippen molar-refractivity contribution in [2.24, 2.45) is 5.92 Å². The van der Waals surface area contributed by atoms with E-state index in [1.54, 1.807) is 13.2 Å². The number of benzene rings is 2. The highest BCUT2D eigenvalue weighted by Crippen LogP contribution is 2.43. The Morgan fingerprint density at radius 1 is 1.14 bits per heavy atom. The number of aryl methyl sites for hydroxylation is 2. The minimum Gasteiger partial charge on any atom is -0.508 e. The van der Waals surface area contributed by atoms with Crippen LogP contribution in [0, 0.1) is 5.92 Å². The van der Waals surface area contributed by atoms with Gasteiger partial charge in [0, 0.05) is 19.7 Å². The lowest BCUT2D eigenvalue weighted by Crippen LogP contribution is -2.27. The van der Waals surface area contributed by atoms with Gasteiger partial charge in [-0.2, -0.15) is 0 Å². The van der Waals surface area contributed by atoms with Crippen LogP contribution in [0.25, 0.3) is 22.5 Å². The summed E-state index contributed by atoms with van der Waals surface area (Å²) in [5, 5.41) is 28.1. The highest BCUT2D eigenvalue weighted by atomic mass is 16.5. The van der Waals surface area contributed by atoms with Crippen molar-refractivity contribution in [2.75, 3.05) is 20.3 Å². The molecule has 4 rings (SSSR count). The van der Waals surface area contributed by atoms with Crippen molar-refractivity contribution in [3.8, 4) is 33.9 Å². The van der Waals surface area contributed by atoms with Crippen LogP contribution in [0.4, 0.5) is 0 Å². The number of carbonyl (C=O) groups is 1. The van der Waals surface area contributed by atoms with E-state index in [-0.39, 0.29) is 29.0 Å². The van der Waals surface area contributed by atoms with Crippen molar-refractivity contribution in [1.82, 2.24) is 10.5 Å². The van der Waals surface area contributed by atoms with E-state index in [1.807, 2.05) is 19.9 Å². The fraction of sp³-hybridized carbons (Fsp3) is 0.448. The molecule has 1 aliphatic carbocycles. The number of ether oxygens (including phenoxy) is 1. The Hall–Kier alpha value is -3.32. The minimum absolute atomic E-state index is 0.0139. The van der Waals surface area contributed by atoms with E-state index >= 15 is 0 Å². The normalized spacial score (nSPS) is 15.9. The van der Waals surface area contributed by atoms with E-state index in [4.69, 9.17) is 9.26 Å².